The van der Waals surface area contributed by atoms with Gasteiger partial charge in [0, 0.05) is 17.0 Å². The van der Waals surface area contributed by atoms with E-state index < -0.39 is 0 Å². The summed E-state index contributed by atoms with van der Waals surface area (Å²) in [7, 11) is 0. The van der Waals surface area contributed by atoms with E-state index in [-0.39, 0.29) is 5.75 Å². The maximum atomic E-state index is 9.90. The molecular formula is C19H22BrO2. The van der Waals surface area contributed by atoms with Gasteiger partial charge in [0.05, 0.1) is 0 Å². The first-order valence-electron chi connectivity index (χ1n) is 7.73. The molecule has 3 heteroatoms. The number of phenols is 1. The van der Waals surface area contributed by atoms with E-state index in [2.05, 4.69) is 53.2 Å². The molecule has 2 nitrogen and oxygen atoms in total. The van der Waals surface area contributed by atoms with Gasteiger partial charge in [0.1, 0.15) is 18.1 Å². The Morgan fingerprint density at radius 2 is 1.82 bits per heavy atom. The Hall–Kier alpha value is -1.48. The minimum Gasteiger partial charge on any atom is -0.507 e. The van der Waals surface area contributed by atoms with Crippen molar-refractivity contribution in [1.29, 1.82) is 0 Å². The zero-order chi connectivity index (χ0) is 15.8. The number of ether oxygens (including phenoxy) is 1. The molecule has 0 saturated heterocycles. The van der Waals surface area contributed by atoms with Gasteiger partial charge in [-0.3, -0.25) is 0 Å². The number of aryl methyl sites for hydroxylation is 1. The molecule has 2 rings (SSSR count). The highest BCUT2D eigenvalue weighted by Crippen LogP contribution is 2.29. The van der Waals surface area contributed by atoms with Gasteiger partial charge in [-0.15, -0.1) is 0 Å². The second kappa shape index (κ2) is 8.84. The van der Waals surface area contributed by atoms with E-state index >= 15 is 0 Å². The maximum Gasteiger partial charge on any atom is 0.130 e. The quantitative estimate of drug-likeness (QED) is 0.666. The normalized spacial score (nSPS) is 10.6. The summed E-state index contributed by atoms with van der Waals surface area (Å²) >= 11 is 3.45. The molecule has 0 fully saturated rings. The number of hydrogen-bond acceptors (Lipinski definition) is 2. The van der Waals surface area contributed by atoms with Crippen LogP contribution < -0.4 is 4.74 Å². The van der Waals surface area contributed by atoms with Crippen LogP contribution in [-0.4, -0.2) is 10.4 Å². The van der Waals surface area contributed by atoms with Gasteiger partial charge >= 0.3 is 0 Å². The van der Waals surface area contributed by atoms with Crippen LogP contribution in [-0.2, 0) is 19.4 Å². The molecular weight excluding hydrogens is 340 g/mol. The maximum absolute atomic E-state index is 9.90. The fraction of sp³-hybridized carbons (Fsp3) is 0.368. The average Bonchev–Trinajstić information content (AvgIpc) is 2.54. The van der Waals surface area contributed by atoms with Gasteiger partial charge in [-0.1, -0.05) is 53.5 Å². The predicted molar refractivity (Wildman–Crippen MR) is 93.8 cm³/mol. The number of hydrogen-bond donors (Lipinski definition) is 1. The molecule has 117 valence electrons. The number of phenolic OH excluding ortho intramolecular Hbond substituents is 1. The van der Waals surface area contributed by atoms with Crippen LogP contribution in [0.5, 0.6) is 11.5 Å². The second-order valence-electron chi connectivity index (χ2n) is 5.32. The Morgan fingerprint density at radius 3 is 2.50 bits per heavy atom. The van der Waals surface area contributed by atoms with E-state index in [4.69, 9.17) is 4.74 Å². The van der Waals surface area contributed by atoms with Crippen LogP contribution in [0.15, 0.2) is 36.4 Å². The summed E-state index contributed by atoms with van der Waals surface area (Å²) in [6.45, 7) is 2.60. The van der Waals surface area contributed by atoms with Gasteiger partial charge < -0.3 is 9.84 Å². The number of halogens is 1. The SMILES string of the molecule is CCCc1c(O)[c]ccc1OCc1ccc(CCCBr)cc1. The molecule has 0 amide bonds. The van der Waals surface area contributed by atoms with E-state index in [1.165, 1.54) is 5.56 Å². The van der Waals surface area contributed by atoms with E-state index in [9.17, 15) is 5.11 Å². The largest absolute Gasteiger partial charge is 0.507 e. The lowest BCUT2D eigenvalue weighted by Crippen LogP contribution is -1.99. The van der Waals surface area contributed by atoms with Crippen molar-refractivity contribution in [3.8, 4) is 11.5 Å². The molecule has 1 N–H and O–H groups in total. The third kappa shape index (κ3) is 4.77. The van der Waals surface area contributed by atoms with Crippen LogP contribution in [0.3, 0.4) is 0 Å². The molecule has 2 aromatic rings. The molecule has 0 aromatic heterocycles. The lowest BCUT2D eigenvalue weighted by Gasteiger charge is -2.12. The van der Waals surface area contributed by atoms with E-state index in [1.807, 2.05) is 6.07 Å². The number of aromatic hydroxyl groups is 1. The Morgan fingerprint density at radius 1 is 1.09 bits per heavy atom. The fourth-order valence-electron chi connectivity index (χ4n) is 2.36. The van der Waals surface area contributed by atoms with Crippen molar-refractivity contribution in [2.45, 2.75) is 39.2 Å². The smallest absolute Gasteiger partial charge is 0.130 e. The van der Waals surface area contributed by atoms with Crippen molar-refractivity contribution < 1.29 is 9.84 Å². The van der Waals surface area contributed by atoms with Gasteiger partial charge in [-0.25, -0.2) is 0 Å². The van der Waals surface area contributed by atoms with Crippen molar-refractivity contribution in [2.24, 2.45) is 0 Å². The van der Waals surface area contributed by atoms with Gasteiger partial charge in [-0.05, 0) is 42.5 Å². The van der Waals surface area contributed by atoms with Gasteiger partial charge in [0.25, 0.3) is 0 Å². The van der Waals surface area contributed by atoms with E-state index in [1.54, 1.807) is 6.07 Å². The van der Waals surface area contributed by atoms with Crippen LogP contribution in [0.25, 0.3) is 0 Å². The monoisotopic (exact) mass is 361 g/mol. The van der Waals surface area contributed by atoms with Crippen LogP contribution in [0.2, 0.25) is 0 Å². The Kier molecular flexibility index (Phi) is 6.78. The first-order chi connectivity index (χ1) is 10.7. The minimum absolute atomic E-state index is 0.199. The Labute approximate surface area is 141 Å². The molecule has 0 bridgehead atoms. The zero-order valence-electron chi connectivity index (χ0n) is 12.9. The van der Waals surface area contributed by atoms with Crippen LogP contribution >= 0.6 is 15.9 Å². The van der Waals surface area contributed by atoms with E-state index in [0.717, 1.165) is 47.9 Å². The third-order valence-electron chi connectivity index (χ3n) is 3.55. The third-order valence-corrected chi connectivity index (χ3v) is 4.12. The van der Waals surface area contributed by atoms with Gasteiger partial charge in [-0.2, -0.15) is 0 Å². The van der Waals surface area contributed by atoms with Crippen LogP contribution in [0, 0.1) is 6.07 Å². The first kappa shape index (κ1) is 16.9. The molecule has 0 spiro atoms. The Balaban J connectivity index is 1.99. The average molecular weight is 362 g/mol. The van der Waals surface area contributed by atoms with Crippen molar-refractivity contribution in [3.05, 3.63) is 59.2 Å². The lowest BCUT2D eigenvalue weighted by atomic mass is 10.1. The fourth-order valence-corrected chi connectivity index (χ4v) is 2.64. The minimum atomic E-state index is 0.199. The first-order valence-corrected chi connectivity index (χ1v) is 8.85. The Bertz CT molecular complexity index is 578. The standard InChI is InChI=1S/C19H22BrO2/c1-2-5-17-18(21)7-3-8-19(17)22-14-16-11-9-15(10-12-16)6-4-13-20/h3,8-12,21H,2,4-6,13-14H2,1H3. The molecule has 0 saturated carbocycles. The summed E-state index contributed by atoms with van der Waals surface area (Å²) in [6.07, 6.45) is 4.00. The summed E-state index contributed by atoms with van der Waals surface area (Å²) in [5.74, 6) is 0.950. The van der Waals surface area contributed by atoms with E-state index in [0.29, 0.717) is 6.61 Å². The van der Waals surface area contributed by atoms with Crippen molar-refractivity contribution in [1.82, 2.24) is 0 Å². The van der Waals surface area contributed by atoms with Crippen LogP contribution in [0.1, 0.15) is 36.5 Å². The molecule has 22 heavy (non-hydrogen) atoms. The number of rotatable bonds is 8. The molecule has 0 aliphatic heterocycles. The van der Waals surface area contributed by atoms with Crippen molar-refractivity contribution in [3.63, 3.8) is 0 Å². The second-order valence-corrected chi connectivity index (χ2v) is 6.11. The molecule has 0 heterocycles. The van der Waals surface area contributed by atoms with Crippen molar-refractivity contribution in [2.75, 3.05) is 5.33 Å². The van der Waals surface area contributed by atoms with Crippen molar-refractivity contribution >= 4 is 15.9 Å². The molecule has 2 aromatic carbocycles. The highest BCUT2D eigenvalue weighted by molar-refractivity contribution is 9.09. The summed E-state index contributed by atoms with van der Waals surface area (Å²) in [5, 5.41) is 10.9. The van der Waals surface area contributed by atoms with Crippen LogP contribution in [0.4, 0.5) is 0 Å². The van der Waals surface area contributed by atoms with Gasteiger partial charge in [0.2, 0.25) is 0 Å². The summed E-state index contributed by atoms with van der Waals surface area (Å²) in [4.78, 5) is 0. The summed E-state index contributed by atoms with van der Waals surface area (Å²) in [6, 6.07) is 14.9. The number of alkyl halides is 1. The highest BCUT2D eigenvalue weighted by atomic mass is 79.9. The zero-order valence-corrected chi connectivity index (χ0v) is 14.5. The molecule has 0 atom stereocenters. The molecule has 1 radical (unpaired) electrons. The van der Waals surface area contributed by atoms with Gasteiger partial charge in [0.15, 0.2) is 0 Å². The molecule has 0 aliphatic carbocycles. The molecule has 0 aliphatic rings. The lowest BCUT2D eigenvalue weighted by molar-refractivity contribution is 0.300. The summed E-state index contributed by atoms with van der Waals surface area (Å²) in [5.41, 5.74) is 3.33. The molecule has 0 unspecified atom stereocenters. The topological polar surface area (TPSA) is 29.5 Å². The summed E-state index contributed by atoms with van der Waals surface area (Å²) < 4.78 is 5.89. The predicted octanol–water partition coefficient (Wildman–Crippen LogP) is 5.05. The highest BCUT2D eigenvalue weighted by Gasteiger charge is 2.08. The number of benzene rings is 2.